The minimum atomic E-state index is -0.241. The van der Waals surface area contributed by atoms with Crippen molar-refractivity contribution < 1.29 is 4.92 Å². The van der Waals surface area contributed by atoms with Crippen molar-refractivity contribution in [2.24, 2.45) is 11.8 Å². The van der Waals surface area contributed by atoms with E-state index in [0.717, 1.165) is 0 Å². The molecule has 1 aliphatic rings. The van der Waals surface area contributed by atoms with Gasteiger partial charge in [0.05, 0.1) is 0 Å². The molecular formula is C5H9NO2. The fourth-order valence-corrected chi connectivity index (χ4v) is 1.02. The first-order chi connectivity index (χ1) is 3.64. The maximum Gasteiger partial charge on any atom is 0.219 e. The van der Waals surface area contributed by atoms with E-state index in [1.165, 1.54) is 0 Å². The van der Waals surface area contributed by atoms with Gasteiger partial charge in [-0.1, -0.05) is 13.8 Å². The minimum Gasteiger partial charge on any atom is -0.264 e. The molecule has 0 heterocycles. The number of nitro groups is 1. The van der Waals surface area contributed by atoms with Crippen molar-refractivity contribution >= 4 is 0 Å². The Balaban J connectivity index is 2.44. The van der Waals surface area contributed by atoms with Crippen LogP contribution in [0.1, 0.15) is 13.8 Å². The fourth-order valence-electron chi connectivity index (χ4n) is 1.02. The average Bonchev–Trinajstić information content (AvgIpc) is 2.15. The Labute approximate surface area is 47.8 Å². The second-order valence-electron chi connectivity index (χ2n) is 2.49. The molecule has 1 aliphatic carbocycles. The van der Waals surface area contributed by atoms with Gasteiger partial charge in [0.15, 0.2) is 0 Å². The lowest BCUT2D eigenvalue weighted by molar-refractivity contribution is -0.501. The van der Waals surface area contributed by atoms with E-state index in [1.807, 2.05) is 13.8 Å². The quantitative estimate of drug-likeness (QED) is 0.376. The monoisotopic (exact) mass is 115 g/mol. The molecule has 2 unspecified atom stereocenters. The highest BCUT2D eigenvalue weighted by atomic mass is 16.6. The zero-order chi connectivity index (χ0) is 6.31. The van der Waals surface area contributed by atoms with Gasteiger partial charge < -0.3 is 0 Å². The lowest BCUT2D eigenvalue weighted by atomic mass is 10.4. The van der Waals surface area contributed by atoms with Crippen LogP contribution in [0.2, 0.25) is 0 Å². The second kappa shape index (κ2) is 1.44. The van der Waals surface area contributed by atoms with Crippen molar-refractivity contribution in [3.63, 3.8) is 0 Å². The molecule has 2 atom stereocenters. The van der Waals surface area contributed by atoms with Gasteiger partial charge in [0.2, 0.25) is 6.04 Å². The molecular weight excluding hydrogens is 106 g/mol. The molecule has 0 aromatic rings. The fraction of sp³-hybridized carbons (Fsp3) is 1.00. The highest BCUT2D eigenvalue weighted by molar-refractivity contribution is 4.91. The van der Waals surface area contributed by atoms with Crippen molar-refractivity contribution in [2.75, 3.05) is 0 Å². The van der Waals surface area contributed by atoms with Gasteiger partial charge in [-0.3, -0.25) is 10.1 Å². The third kappa shape index (κ3) is 0.582. The van der Waals surface area contributed by atoms with Crippen LogP contribution in [0.3, 0.4) is 0 Å². The van der Waals surface area contributed by atoms with Gasteiger partial charge in [0.25, 0.3) is 0 Å². The van der Waals surface area contributed by atoms with E-state index in [0.29, 0.717) is 11.8 Å². The molecule has 0 aromatic carbocycles. The molecule has 0 radical (unpaired) electrons. The Morgan fingerprint density at radius 1 is 1.38 bits per heavy atom. The van der Waals surface area contributed by atoms with Crippen LogP contribution in [0.4, 0.5) is 0 Å². The summed E-state index contributed by atoms with van der Waals surface area (Å²) >= 11 is 0. The summed E-state index contributed by atoms with van der Waals surface area (Å²) in [5.41, 5.74) is 0. The standard InChI is InChI=1S/C5H9NO2/c1-3-4(2)5(3)6(7)8/h3-5H,1-2H3. The van der Waals surface area contributed by atoms with Crippen LogP contribution >= 0.6 is 0 Å². The first-order valence-corrected chi connectivity index (χ1v) is 2.78. The Morgan fingerprint density at radius 3 is 1.75 bits per heavy atom. The summed E-state index contributed by atoms with van der Waals surface area (Å²) in [7, 11) is 0. The van der Waals surface area contributed by atoms with Gasteiger partial charge in [-0.2, -0.15) is 0 Å². The molecule has 0 N–H and O–H groups in total. The maximum absolute atomic E-state index is 9.99. The van der Waals surface area contributed by atoms with Gasteiger partial charge in [0, 0.05) is 16.8 Å². The normalized spacial score (nSPS) is 44.0. The van der Waals surface area contributed by atoms with Gasteiger partial charge in [0.1, 0.15) is 0 Å². The van der Waals surface area contributed by atoms with E-state index in [9.17, 15) is 10.1 Å². The molecule has 8 heavy (non-hydrogen) atoms. The minimum absolute atomic E-state index is 0.185. The Morgan fingerprint density at radius 2 is 1.75 bits per heavy atom. The zero-order valence-electron chi connectivity index (χ0n) is 5.00. The highest BCUT2D eigenvalue weighted by Crippen LogP contribution is 2.39. The van der Waals surface area contributed by atoms with Crippen LogP contribution in [0.15, 0.2) is 0 Å². The summed E-state index contributed by atoms with van der Waals surface area (Å²) in [4.78, 5) is 9.80. The Hall–Kier alpha value is -0.600. The molecule has 0 amide bonds. The van der Waals surface area contributed by atoms with Crippen LogP contribution in [0, 0.1) is 22.0 Å². The van der Waals surface area contributed by atoms with Crippen LogP contribution < -0.4 is 0 Å². The summed E-state index contributed by atoms with van der Waals surface area (Å²) < 4.78 is 0. The number of hydrogen-bond donors (Lipinski definition) is 0. The number of nitrogens with zero attached hydrogens (tertiary/aromatic N) is 1. The lowest BCUT2D eigenvalue weighted by Gasteiger charge is -1.81. The Kier molecular flexibility index (Phi) is 0.994. The van der Waals surface area contributed by atoms with Crippen molar-refractivity contribution in [3.05, 3.63) is 10.1 Å². The van der Waals surface area contributed by atoms with E-state index >= 15 is 0 Å². The molecule has 46 valence electrons. The molecule has 3 nitrogen and oxygen atoms in total. The predicted octanol–water partition coefficient (Wildman–Crippen LogP) is 0.917. The van der Waals surface area contributed by atoms with Gasteiger partial charge >= 0.3 is 0 Å². The number of hydrogen-bond acceptors (Lipinski definition) is 2. The predicted molar refractivity (Wildman–Crippen MR) is 29.1 cm³/mol. The summed E-state index contributed by atoms with van der Waals surface area (Å²) in [6, 6.07) is -0.241. The van der Waals surface area contributed by atoms with Crippen LogP contribution in [-0.4, -0.2) is 11.0 Å². The van der Waals surface area contributed by atoms with E-state index < -0.39 is 0 Å². The van der Waals surface area contributed by atoms with Crippen LogP contribution in [-0.2, 0) is 0 Å². The average molecular weight is 115 g/mol. The zero-order valence-corrected chi connectivity index (χ0v) is 5.00. The summed E-state index contributed by atoms with van der Waals surface area (Å²) in [6.45, 7) is 3.83. The molecule has 1 fully saturated rings. The second-order valence-corrected chi connectivity index (χ2v) is 2.49. The molecule has 0 aromatic heterocycles. The maximum atomic E-state index is 9.99. The molecule has 3 heteroatoms. The first kappa shape index (κ1) is 5.54. The summed E-state index contributed by atoms with van der Waals surface area (Å²) in [5.74, 6) is 0.620. The Bertz CT molecular complexity index is 116. The molecule has 0 spiro atoms. The highest BCUT2D eigenvalue weighted by Gasteiger charge is 2.53. The van der Waals surface area contributed by atoms with Crippen molar-refractivity contribution in [3.8, 4) is 0 Å². The van der Waals surface area contributed by atoms with Crippen molar-refractivity contribution in [1.29, 1.82) is 0 Å². The summed E-state index contributed by atoms with van der Waals surface area (Å²) in [6.07, 6.45) is 0. The van der Waals surface area contributed by atoms with E-state index in [2.05, 4.69) is 0 Å². The largest absolute Gasteiger partial charge is 0.264 e. The van der Waals surface area contributed by atoms with E-state index in [-0.39, 0.29) is 11.0 Å². The van der Waals surface area contributed by atoms with Crippen molar-refractivity contribution in [2.45, 2.75) is 19.9 Å². The van der Waals surface area contributed by atoms with E-state index in [1.54, 1.807) is 0 Å². The van der Waals surface area contributed by atoms with Crippen LogP contribution in [0.5, 0.6) is 0 Å². The molecule has 1 rings (SSSR count). The summed E-state index contributed by atoms with van der Waals surface area (Å²) in [5, 5.41) is 9.99. The third-order valence-corrected chi connectivity index (χ3v) is 2.01. The van der Waals surface area contributed by atoms with Crippen LogP contribution in [0.25, 0.3) is 0 Å². The molecule has 0 saturated heterocycles. The topological polar surface area (TPSA) is 43.1 Å². The molecule has 0 bridgehead atoms. The van der Waals surface area contributed by atoms with Gasteiger partial charge in [-0.25, -0.2) is 0 Å². The SMILES string of the molecule is CC1C(C)C1[N+](=O)[O-]. The smallest absolute Gasteiger partial charge is 0.219 e. The van der Waals surface area contributed by atoms with Gasteiger partial charge in [-0.15, -0.1) is 0 Å². The first-order valence-electron chi connectivity index (χ1n) is 2.78. The molecule has 0 aliphatic heterocycles. The van der Waals surface area contributed by atoms with Gasteiger partial charge in [-0.05, 0) is 0 Å². The lowest BCUT2D eigenvalue weighted by Crippen LogP contribution is -2.03. The number of rotatable bonds is 1. The third-order valence-electron chi connectivity index (χ3n) is 2.01. The van der Waals surface area contributed by atoms with Crippen molar-refractivity contribution in [1.82, 2.24) is 0 Å². The van der Waals surface area contributed by atoms with E-state index in [4.69, 9.17) is 0 Å². The molecule has 1 saturated carbocycles.